The van der Waals surface area contributed by atoms with Crippen molar-refractivity contribution in [2.45, 2.75) is 58.3 Å². The van der Waals surface area contributed by atoms with Gasteiger partial charge in [-0.3, -0.25) is 9.59 Å². The monoisotopic (exact) mass is 312 g/mol. The number of benzene rings is 1. The summed E-state index contributed by atoms with van der Waals surface area (Å²) < 4.78 is 5.23. The summed E-state index contributed by atoms with van der Waals surface area (Å²) in [7, 11) is 0. The van der Waals surface area contributed by atoms with Crippen LogP contribution >= 0.6 is 0 Å². The Hall–Kier alpha value is -1.64. The van der Waals surface area contributed by atoms with Crippen molar-refractivity contribution in [2.24, 2.45) is 17.3 Å². The number of ketones is 1. The van der Waals surface area contributed by atoms with Gasteiger partial charge in [-0.15, -0.1) is 0 Å². The molecule has 4 atom stereocenters. The fourth-order valence-electron chi connectivity index (χ4n) is 5.56. The largest absolute Gasteiger partial charge is 0.427 e. The van der Waals surface area contributed by atoms with Crippen molar-refractivity contribution in [3.8, 4) is 5.75 Å². The number of Topliss-reactive ketones (excluding diaryl/α,β-unsaturated/α-hetero) is 1. The molecule has 1 aromatic carbocycles. The molecule has 3 aliphatic rings. The molecular formula is C20H24O3. The molecule has 0 saturated heterocycles. The molecule has 0 radical (unpaired) electrons. The van der Waals surface area contributed by atoms with Gasteiger partial charge in [0.2, 0.25) is 0 Å². The fourth-order valence-corrected chi connectivity index (χ4v) is 5.56. The number of hydrogen-bond acceptors (Lipinski definition) is 3. The summed E-state index contributed by atoms with van der Waals surface area (Å²) in [6.45, 7) is 3.65. The highest BCUT2D eigenvalue weighted by Crippen LogP contribution is 2.59. The van der Waals surface area contributed by atoms with E-state index in [4.69, 9.17) is 4.74 Å². The summed E-state index contributed by atoms with van der Waals surface area (Å²) >= 11 is 0. The molecule has 1 aromatic rings. The van der Waals surface area contributed by atoms with Gasteiger partial charge in [-0.25, -0.2) is 0 Å². The van der Waals surface area contributed by atoms with Gasteiger partial charge in [-0.1, -0.05) is 13.0 Å². The Labute approximate surface area is 137 Å². The maximum absolute atomic E-state index is 12.3. The average molecular weight is 312 g/mol. The molecule has 0 amide bonds. The molecule has 0 spiro atoms. The van der Waals surface area contributed by atoms with Crippen LogP contribution in [0.1, 0.15) is 63.0 Å². The van der Waals surface area contributed by atoms with E-state index in [-0.39, 0.29) is 11.4 Å². The van der Waals surface area contributed by atoms with Crippen LogP contribution in [0.4, 0.5) is 0 Å². The average Bonchev–Trinajstić information content (AvgIpc) is 2.82. The van der Waals surface area contributed by atoms with Crippen LogP contribution in [0.5, 0.6) is 5.75 Å². The Morgan fingerprint density at radius 2 is 2.04 bits per heavy atom. The van der Waals surface area contributed by atoms with Crippen LogP contribution < -0.4 is 4.74 Å². The summed E-state index contributed by atoms with van der Waals surface area (Å²) in [6.07, 6.45) is 6.20. The van der Waals surface area contributed by atoms with Gasteiger partial charge < -0.3 is 4.74 Å². The zero-order valence-corrected chi connectivity index (χ0v) is 13.9. The predicted molar refractivity (Wildman–Crippen MR) is 87.4 cm³/mol. The molecule has 0 aliphatic heterocycles. The Morgan fingerprint density at radius 3 is 2.83 bits per heavy atom. The molecule has 0 unspecified atom stereocenters. The van der Waals surface area contributed by atoms with Gasteiger partial charge in [0.1, 0.15) is 11.5 Å². The summed E-state index contributed by atoms with van der Waals surface area (Å²) in [5, 5.41) is 0. The van der Waals surface area contributed by atoms with Gasteiger partial charge in [0, 0.05) is 18.8 Å². The minimum absolute atomic E-state index is 0.0592. The quantitative estimate of drug-likeness (QED) is 0.580. The van der Waals surface area contributed by atoms with Crippen LogP contribution in [0.2, 0.25) is 0 Å². The highest BCUT2D eigenvalue weighted by molar-refractivity contribution is 5.87. The van der Waals surface area contributed by atoms with Crippen molar-refractivity contribution < 1.29 is 14.3 Å². The zero-order chi connectivity index (χ0) is 16.2. The lowest BCUT2D eigenvalue weighted by Crippen LogP contribution is -2.42. The van der Waals surface area contributed by atoms with Gasteiger partial charge in [0.15, 0.2) is 0 Å². The van der Waals surface area contributed by atoms with E-state index in [1.54, 1.807) is 0 Å². The van der Waals surface area contributed by atoms with Crippen molar-refractivity contribution in [1.82, 2.24) is 0 Å². The normalized spacial score (nSPS) is 35.2. The molecule has 2 saturated carbocycles. The molecule has 3 heteroatoms. The van der Waals surface area contributed by atoms with E-state index < -0.39 is 0 Å². The SMILES string of the molecule is CC(=O)Oc1ccc2c(c1)CC[C@@H]1[C@@H]2CC[C@@]2(C)C(=O)CC[C@H]12. The summed E-state index contributed by atoms with van der Waals surface area (Å²) in [6, 6.07) is 6.13. The van der Waals surface area contributed by atoms with E-state index in [9.17, 15) is 9.59 Å². The first kappa shape index (κ1) is 14.9. The summed E-state index contributed by atoms with van der Waals surface area (Å²) in [5.41, 5.74) is 2.70. The lowest BCUT2D eigenvalue weighted by Gasteiger charge is -2.48. The van der Waals surface area contributed by atoms with Crippen molar-refractivity contribution in [2.75, 3.05) is 0 Å². The highest BCUT2D eigenvalue weighted by atomic mass is 16.5. The number of rotatable bonds is 1. The lowest BCUT2D eigenvalue weighted by molar-refractivity contribution is -0.132. The van der Waals surface area contributed by atoms with Crippen LogP contribution in [0, 0.1) is 17.3 Å². The summed E-state index contributed by atoms with van der Waals surface area (Å²) in [5.74, 6) is 2.68. The minimum atomic E-state index is -0.267. The first-order valence-electron chi connectivity index (χ1n) is 8.83. The molecule has 0 bridgehead atoms. The molecule has 3 nitrogen and oxygen atoms in total. The second-order valence-electron chi connectivity index (χ2n) is 7.79. The third-order valence-electron chi connectivity index (χ3n) is 6.67. The van der Waals surface area contributed by atoms with Gasteiger partial charge >= 0.3 is 5.97 Å². The van der Waals surface area contributed by atoms with Gasteiger partial charge in [-0.05, 0) is 73.1 Å². The standard InChI is InChI=1S/C20H24O3/c1-12(21)23-14-4-6-15-13(11-14)3-5-17-16(15)9-10-20(2)18(17)7-8-19(20)22/h4,6,11,16-18H,3,5,7-10H2,1-2H3/t16-,17-,18-,20-/m1/s1. The van der Waals surface area contributed by atoms with Crippen LogP contribution in [0.15, 0.2) is 18.2 Å². The van der Waals surface area contributed by atoms with Crippen LogP contribution in [0.25, 0.3) is 0 Å². The minimum Gasteiger partial charge on any atom is -0.427 e. The van der Waals surface area contributed by atoms with E-state index in [0.29, 0.717) is 29.3 Å². The third kappa shape index (κ3) is 2.24. The van der Waals surface area contributed by atoms with Crippen molar-refractivity contribution in [3.63, 3.8) is 0 Å². The Kier molecular flexibility index (Phi) is 3.36. The molecule has 4 rings (SSSR count). The Bertz CT molecular complexity index is 677. The smallest absolute Gasteiger partial charge is 0.308 e. The van der Waals surface area contributed by atoms with Gasteiger partial charge in [0.25, 0.3) is 0 Å². The maximum Gasteiger partial charge on any atom is 0.308 e. The topological polar surface area (TPSA) is 43.4 Å². The number of ether oxygens (including phenoxy) is 1. The molecular weight excluding hydrogens is 288 g/mol. The fraction of sp³-hybridized carbons (Fsp3) is 0.600. The van der Waals surface area contributed by atoms with Crippen molar-refractivity contribution in [1.29, 1.82) is 0 Å². The highest BCUT2D eigenvalue weighted by Gasteiger charge is 2.54. The second kappa shape index (κ2) is 5.19. The number of aryl methyl sites for hydroxylation is 1. The number of carbonyl (C=O) groups is 2. The number of fused-ring (bicyclic) bond motifs is 5. The van der Waals surface area contributed by atoms with Crippen LogP contribution in [-0.4, -0.2) is 11.8 Å². The molecule has 122 valence electrons. The molecule has 0 heterocycles. The number of hydrogen-bond donors (Lipinski definition) is 0. The van der Waals surface area contributed by atoms with Gasteiger partial charge in [-0.2, -0.15) is 0 Å². The molecule has 2 fully saturated rings. The molecule has 23 heavy (non-hydrogen) atoms. The molecule has 3 aliphatic carbocycles. The van der Waals surface area contributed by atoms with Gasteiger partial charge in [0.05, 0.1) is 0 Å². The Balaban J connectivity index is 1.65. The van der Waals surface area contributed by atoms with E-state index in [2.05, 4.69) is 13.0 Å². The van der Waals surface area contributed by atoms with Crippen LogP contribution in [0.3, 0.4) is 0 Å². The van der Waals surface area contributed by atoms with E-state index in [1.165, 1.54) is 18.1 Å². The van der Waals surface area contributed by atoms with Crippen molar-refractivity contribution in [3.05, 3.63) is 29.3 Å². The lowest BCUT2D eigenvalue weighted by atomic mass is 9.55. The molecule has 0 N–H and O–H groups in total. The van der Waals surface area contributed by atoms with E-state index in [1.807, 2.05) is 12.1 Å². The number of esters is 1. The van der Waals surface area contributed by atoms with E-state index >= 15 is 0 Å². The second-order valence-corrected chi connectivity index (χ2v) is 7.79. The van der Waals surface area contributed by atoms with Crippen LogP contribution in [-0.2, 0) is 16.0 Å². The first-order chi connectivity index (χ1) is 11.0. The predicted octanol–water partition coefficient (Wildman–Crippen LogP) is 4.04. The first-order valence-corrected chi connectivity index (χ1v) is 8.83. The Morgan fingerprint density at radius 1 is 1.22 bits per heavy atom. The van der Waals surface area contributed by atoms with E-state index in [0.717, 1.165) is 38.5 Å². The summed E-state index contributed by atoms with van der Waals surface area (Å²) in [4.78, 5) is 23.5. The zero-order valence-electron chi connectivity index (χ0n) is 13.9. The third-order valence-corrected chi connectivity index (χ3v) is 6.67. The molecule has 0 aromatic heterocycles. The number of carbonyl (C=O) groups excluding carboxylic acids is 2. The van der Waals surface area contributed by atoms with Crippen molar-refractivity contribution >= 4 is 11.8 Å². The maximum atomic E-state index is 12.3.